The molecule has 0 N–H and O–H groups in total. The highest BCUT2D eigenvalue weighted by atomic mass is 16.5. The fourth-order valence-electron chi connectivity index (χ4n) is 2.85. The van der Waals surface area contributed by atoms with E-state index in [0.717, 1.165) is 17.7 Å². The largest absolute Gasteiger partial charge is 0.485 e. The van der Waals surface area contributed by atoms with Gasteiger partial charge in [-0.15, -0.1) is 0 Å². The second kappa shape index (κ2) is 7.34. The first kappa shape index (κ1) is 17.8. The van der Waals surface area contributed by atoms with E-state index in [1.807, 2.05) is 31.2 Å². The molecule has 24 heavy (non-hydrogen) atoms. The van der Waals surface area contributed by atoms with Gasteiger partial charge in [-0.05, 0) is 43.5 Å². The fourth-order valence-corrected chi connectivity index (χ4v) is 2.85. The number of hydrogen-bond donors (Lipinski definition) is 0. The predicted octanol–water partition coefficient (Wildman–Crippen LogP) is 3.25. The molecule has 0 saturated heterocycles. The molecule has 0 amide bonds. The van der Waals surface area contributed by atoms with Crippen LogP contribution in [0.2, 0.25) is 0 Å². The zero-order valence-corrected chi connectivity index (χ0v) is 14.8. The number of ether oxygens (including phenoxy) is 2. The number of esters is 1. The molecule has 0 spiro atoms. The topological polar surface area (TPSA) is 57.5 Å². The Morgan fingerprint density at radius 2 is 1.92 bits per heavy atom. The summed E-state index contributed by atoms with van der Waals surface area (Å²) in [5.74, 6) is 0.0634. The van der Waals surface area contributed by atoms with Gasteiger partial charge in [0.15, 0.2) is 6.61 Å². The third kappa shape index (κ3) is 3.35. The Morgan fingerprint density at radius 3 is 2.54 bits per heavy atom. The van der Waals surface area contributed by atoms with Crippen molar-refractivity contribution in [3.8, 4) is 5.75 Å². The van der Waals surface area contributed by atoms with Crippen molar-refractivity contribution in [3.63, 3.8) is 0 Å². The van der Waals surface area contributed by atoms with Crippen molar-refractivity contribution in [2.45, 2.75) is 27.2 Å². The van der Waals surface area contributed by atoms with Gasteiger partial charge in [0, 0.05) is 18.3 Å². The van der Waals surface area contributed by atoms with Crippen molar-refractivity contribution >= 4 is 11.8 Å². The van der Waals surface area contributed by atoms with Crippen LogP contribution in [0.1, 0.15) is 44.6 Å². The van der Waals surface area contributed by atoms with E-state index in [0.29, 0.717) is 22.6 Å². The monoisotopic (exact) mass is 329 g/mol. The summed E-state index contributed by atoms with van der Waals surface area (Å²) in [6.45, 7) is 5.56. The van der Waals surface area contributed by atoms with Gasteiger partial charge in [-0.3, -0.25) is 4.79 Å². The van der Waals surface area contributed by atoms with Crippen LogP contribution >= 0.6 is 0 Å². The average Bonchev–Trinajstić information content (AvgIpc) is 2.81. The maximum atomic E-state index is 12.6. The molecule has 0 aliphatic carbocycles. The molecule has 0 atom stereocenters. The maximum Gasteiger partial charge on any atom is 0.354 e. The lowest BCUT2D eigenvalue weighted by Crippen LogP contribution is -2.13. The molecule has 1 aromatic carbocycles. The van der Waals surface area contributed by atoms with Crippen LogP contribution in [0.15, 0.2) is 24.3 Å². The Labute approximate surface area is 142 Å². The molecular formula is C19H23NO4. The smallest absolute Gasteiger partial charge is 0.354 e. The number of aryl methyl sites for hydroxylation is 1. The third-order valence-electron chi connectivity index (χ3n) is 4.26. The number of hydrogen-bond acceptors (Lipinski definition) is 4. The summed E-state index contributed by atoms with van der Waals surface area (Å²) < 4.78 is 12.1. The van der Waals surface area contributed by atoms with Gasteiger partial charge in [-0.25, -0.2) is 4.79 Å². The lowest BCUT2D eigenvalue weighted by Gasteiger charge is -2.07. The van der Waals surface area contributed by atoms with Gasteiger partial charge in [0.1, 0.15) is 11.4 Å². The van der Waals surface area contributed by atoms with Crippen molar-refractivity contribution in [1.82, 2.24) is 4.57 Å². The van der Waals surface area contributed by atoms with E-state index in [1.165, 1.54) is 7.11 Å². The second-order valence-electron chi connectivity index (χ2n) is 5.70. The van der Waals surface area contributed by atoms with Gasteiger partial charge < -0.3 is 14.0 Å². The van der Waals surface area contributed by atoms with Crippen LogP contribution in [0.25, 0.3) is 0 Å². The van der Waals surface area contributed by atoms with Gasteiger partial charge in [0.2, 0.25) is 5.78 Å². The molecule has 0 bridgehead atoms. The first-order valence-corrected chi connectivity index (χ1v) is 7.89. The number of benzene rings is 1. The summed E-state index contributed by atoms with van der Waals surface area (Å²) in [4.78, 5) is 24.5. The SMILES string of the molecule is CCc1cccc(OCC(=O)c2c(C)c(C(=O)OC)n(C)c2C)c1. The number of Topliss-reactive ketones (excluding diaryl/α,β-unsaturated/α-hetero) is 1. The van der Waals surface area contributed by atoms with Crippen molar-refractivity contribution < 1.29 is 19.1 Å². The van der Waals surface area contributed by atoms with Crippen molar-refractivity contribution in [1.29, 1.82) is 0 Å². The fraction of sp³-hybridized carbons (Fsp3) is 0.368. The highest BCUT2D eigenvalue weighted by molar-refractivity contribution is 6.03. The van der Waals surface area contributed by atoms with Crippen molar-refractivity contribution in [2.75, 3.05) is 13.7 Å². The first-order valence-electron chi connectivity index (χ1n) is 7.89. The molecule has 1 heterocycles. The molecule has 2 aromatic rings. The summed E-state index contributed by atoms with van der Waals surface area (Å²) in [6, 6.07) is 7.69. The summed E-state index contributed by atoms with van der Waals surface area (Å²) in [5, 5.41) is 0. The number of aromatic nitrogens is 1. The predicted molar refractivity (Wildman–Crippen MR) is 91.9 cm³/mol. The first-order chi connectivity index (χ1) is 11.4. The molecule has 0 aliphatic rings. The number of rotatable bonds is 6. The molecule has 128 valence electrons. The van der Waals surface area contributed by atoms with Crippen LogP contribution in [0.4, 0.5) is 0 Å². The minimum atomic E-state index is -0.450. The highest BCUT2D eigenvalue weighted by Crippen LogP contribution is 2.23. The Kier molecular flexibility index (Phi) is 5.44. The minimum Gasteiger partial charge on any atom is -0.485 e. The average molecular weight is 329 g/mol. The van der Waals surface area contributed by atoms with Crippen molar-refractivity contribution in [2.24, 2.45) is 7.05 Å². The molecule has 0 saturated carbocycles. The molecule has 1 aromatic heterocycles. The molecule has 2 rings (SSSR count). The van der Waals surface area contributed by atoms with Gasteiger partial charge in [-0.1, -0.05) is 19.1 Å². The number of methoxy groups -OCH3 is 1. The van der Waals surface area contributed by atoms with E-state index in [-0.39, 0.29) is 12.4 Å². The highest BCUT2D eigenvalue weighted by Gasteiger charge is 2.25. The van der Waals surface area contributed by atoms with Crippen LogP contribution in [-0.4, -0.2) is 30.0 Å². The third-order valence-corrected chi connectivity index (χ3v) is 4.26. The molecule has 5 heteroatoms. The van der Waals surface area contributed by atoms with Crippen LogP contribution in [0, 0.1) is 13.8 Å². The van der Waals surface area contributed by atoms with Crippen LogP contribution in [-0.2, 0) is 18.2 Å². The molecular weight excluding hydrogens is 306 g/mol. The van der Waals surface area contributed by atoms with E-state index in [4.69, 9.17) is 9.47 Å². The van der Waals surface area contributed by atoms with E-state index in [1.54, 1.807) is 18.5 Å². The molecule has 0 aliphatic heterocycles. The zero-order chi connectivity index (χ0) is 17.9. The lowest BCUT2D eigenvalue weighted by atomic mass is 10.1. The van der Waals surface area contributed by atoms with E-state index >= 15 is 0 Å². The summed E-state index contributed by atoms with van der Waals surface area (Å²) in [6.07, 6.45) is 0.907. The Bertz CT molecular complexity index is 774. The number of ketones is 1. The number of nitrogens with zero attached hydrogens (tertiary/aromatic N) is 1. The Balaban J connectivity index is 2.22. The quantitative estimate of drug-likeness (QED) is 0.603. The van der Waals surface area contributed by atoms with Crippen LogP contribution in [0.5, 0.6) is 5.75 Å². The van der Waals surface area contributed by atoms with Gasteiger partial charge in [0.05, 0.1) is 7.11 Å². The van der Waals surface area contributed by atoms with E-state index in [9.17, 15) is 9.59 Å². The normalized spacial score (nSPS) is 10.5. The van der Waals surface area contributed by atoms with E-state index in [2.05, 4.69) is 6.92 Å². The second-order valence-corrected chi connectivity index (χ2v) is 5.70. The van der Waals surface area contributed by atoms with E-state index < -0.39 is 5.97 Å². The summed E-state index contributed by atoms with van der Waals surface area (Å²) in [5.41, 5.74) is 3.41. The molecule has 5 nitrogen and oxygen atoms in total. The zero-order valence-electron chi connectivity index (χ0n) is 14.8. The molecule has 0 unspecified atom stereocenters. The molecule has 0 radical (unpaired) electrons. The summed E-state index contributed by atoms with van der Waals surface area (Å²) in [7, 11) is 3.08. The number of carbonyl (C=O) groups excluding carboxylic acids is 2. The lowest BCUT2D eigenvalue weighted by molar-refractivity contribution is 0.0588. The van der Waals surface area contributed by atoms with Gasteiger partial charge >= 0.3 is 5.97 Å². The van der Waals surface area contributed by atoms with Crippen LogP contribution < -0.4 is 4.74 Å². The van der Waals surface area contributed by atoms with Crippen LogP contribution in [0.3, 0.4) is 0 Å². The Hall–Kier alpha value is -2.56. The number of carbonyl (C=O) groups is 2. The minimum absolute atomic E-state index is 0.0700. The molecule has 0 fully saturated rings. The summed E-state index contributed by atoms with van der Waals surface area (Å²) >= 11 is 0. The van der Waals surface area contributed by atoms with Crippen molar-refractivity contribution in [3.05, 3.63) is 52.3 Å². The standard InChI is InChI=1S/C19H23NO4/c1-6-14-8-7-9-15(10-14)24-11-16(21)17-12(2)18(19(22)23-5)20(4)13(17)3/h7-10H,6,11H2,1-5H3. The Morgan fingerprint density at radius 1 is 1.21 bits per heavy atom. The maximum absolute atomic E-state index is 12.6. The van der Waals surface area contributed by atoms with Gasteiger partial charge in [-0.2, -0.15) is 0 Å². The van der Waals surface area contributed by atoms with Gasteiger partial charge in [0.25, 0.3) is 0 Å².